The third kappa shape index (κ3) is 5.95. The molecule has 31 heavy (non-hydrogen) atoms. The Labute approximate surface area is 186 Å². The average Bonchev–Trinajstić information content (AvgIpc) is 2.78. The molecule has 2 atom stereocenters. The van der Waals surface area contributed by atoms with Gasteiger partial charge in [-0.15, -0.1) is 0 Å². The zero-order valence-electron chi connectivity index (χ0n) is 17.7. The molecule has 1 heterocycles. The molecule has 0 spiro atoms. The molecule has 6 nitrogen and oxygen atoms in total. The van der Waals surface area contributed by atoms with Gasteiger partial charge in [0.2, 0.25) is 5.91 Å². The van der Waals surface area contributed by atoms with Crippen LogP contribution in [-0.2, 0) is 9.53 Å². The van der Waals surface area contributed by atoms with Crippen molar-refractivity contribution in [2.24, 2.45) is 5.92 Å². The Kier molecular flexibility index (Phi) is 7.87. The Morgan fingerprint density at radius 3 is 2.45 bits per heavy atom. The van der Waals surface area contributed by atoms with Crippen molar-refractivity contribution in [2.45, 2.75) is 26.3 Å². The monoisotopic (exact) mass is 447 g/mol. The van der Waals surface area contributed by atoms with Crippen molar-refractivity contribution >= 4 is 34.8 Å². The van der Waals surface area contributed by atoms with Crippen LogP contribution in [0.15, 0.2) is 42.5 Å². The molecule has 1 aliphatic rings. The molecular formula is C23H27ClFN3O3. The van der Waals surface area contributed by atoms with Crippen molar-refractivity contribution < 1.29 is 18.7 Å². The molecule has 2 aromatic rings. The highest BCUT2D eigenvalue weighted by atomic mass is 35.5. The van der Waals surface area contributed by atoms with Crippen LogP contribution in [0.25, 0.3) is 0 Å². The molecule has 1 saturated heterocycles. The predicted octanol–water partition coefficient (Wildman–Crippen LogP) is 4.10. The number of carbonyl (C=O) groups is 2. The Hall–Kier alpha value is -2.64. The molecule has 166 valence electrons. The van der Waals surface area contributed by atoms with Crippen molar-refractivity contribution in [1.29, 1.82) is 0 Å². The Morgan fingerprint density at radius 1 is 1.16 bits per heavy atom. The maximum Gasteiger partial charge on any atom is 0.251 e. The largest absolute Gasteiger partial charge is 0.378 e. The zero-order chi connectivity index (χ0) is 22.4. The SMILES string of the molecule is CCC(C)C(NC(=O)c1ccc(Cl)cc1)C(=O)Nc1ccc(N2CCOCC2)c(F)c1. The van der Waals surface area contributed by atoms with Crippen LogP contribution in [0.5, 0.6) is 0 Å². The summed E-state index contributed by atoms with van der Waals surface area (Å²) < 4.78 is 20.0. The lowest BCUT2D eigenvalue weighted by Crippen LogP contribution is -2.47. The minimum Gasteiger partial charge on any atom is -0.378 e. The van der Waals surface area contributed by atoms with Crippen LogP contribution in [0, 0.1) is 11.7 Å². The summed E-state index contributed by atoms with van der Waals surface area (Å²) in [6.45, 7) is 6.18. The number of halogens is 2. The number of anilines is 2. The summed E-state index contributed by atoms with van der Waals surface area (Å²) >= 11 is 5.87. The lowest BCUT2D eigenvalue weighted by atomic mass is 9.97. The standard InChI is InChI=1S/C23H27ClFN3O3/c1-3-15(2)21(27-22(29)16-4-6-17(24)7-5-16)23(30)26-18-8-9-20(19(25)14-18)28-10-12-31-13-11-28/h4-9,14-15,21H,3,10-13H2,1-2H3,(H,26,30)(H,27,29). The smallest absolute Gasteiger partial charge is 0.251 e. The van der Waals surface area contributed by atoms with Gasteiger partial charge in [0, 0.05) is 29.4 Å². The molecular weight excluding hydrogens is 421 g/mol. The zero-order valence-corrected chi connectivity index (χ0v) is 18.4. The summed E-state index contributed by atoms with van der Waals surface area (Å²) in [5, 5.41) is 6.05. The van der Waals surface area contributed by atoms with Crippen LogP contribution >= 0.6 is 11.6 Å². The highest BCUT2D eigenvalue weighted by Gasteiger charge is 2.27. The van der Waals surface area contributed by atoms with Gasteiger partial charge in [-0.05, 0) is 48.4 Å². The van der Waals surface area contributed by atoms with E-state index in [2.05, 4.69) is 10.6 Å². The molecule has 2 unspecified atom stereocenters. The van der Waals surface area contributed by atoms with Gasteiger partial charge < -0.3 is 20.3 Å². The number of hydrogen-bond donors (Lipinski definition) is 2. The summed E-state index contributed by atoms with van der Waals surface area (Å²) in [7, 11) is 0. The second-order valence-electron chi connectivity index (χ2n) is 7.60. The third-order valence-corrected chi connectivity index (χ3v) is 5.71. The number of nitrogens with zero attached hydrogens (tertiary/aromatic N) is 1. The van der Waals surface area contributed by atoms with Gasteiger partial charge in [-0.1, -0.05) is 31.9 Å². The summed E-state index contributed by atoms with van der Waals surface area (Å²) in [4.78, 5) is 27.5. The molecule has 2 N–H and O–H groups in total. The van der Waals surface area contributed by atoms with Gasteiger partial charge in [-0.3, -0.25) is 9.59 Å². The van der Waals surface area contributed by atoms with Crippen molar-refractivity contribution in [3.63, 3.8) is 0 Å². The molecule has 0 aromatic heterocycles. The number of amides is 2. The van der Waals surface area contributed by atoms with Gasteiger partial charge in [-0.25, -0.2) is 4.39 Å². The second kappa shape index (κ2) is 10.6. The molecule has 0 bridgehead atoms. The normalized spacial score (nSPS) is 15.8. The fourth-order valence-electron chi connectivity index (χ4n) is 3.39. The molecule has 1 fully saturated rings. The lowest BCUT2D eigenvalue weighted by Gasteiger charge is -2.29. The van der Waals surface area contributed by atoms with Crippen LogP contribution < -0.4 is 15.5 Å². The van der Waals surface area contributed by atoms with Gasteiger partial charge in [0.15, 0.2) is 0 Å². The number of nitrogens with one attached hydrogen (secondary N) is 2. The fourth-order valence-corrected chi connectivity index (χ4v) is 3.52. The van der Waals surface area contributed by atoms with Gasteiger partial charge in [-0.2, -0.15) is 0 Å². The van der Waals surface area contributed by atoms with E-state index in [0.717, 1.165) is 0 Å². The van der Waals surface area contributed by atoms with E-state index in [9.17, 15) is 14.0 Å². The van der Waals surface area contributed by atoms with E-state index in [-0.39, 0.29) is 11.8 Å². The highest BCUT2D eigenvalue weighted by molar-refractivity contribution is 6.30. The molecule has 2 aromatic carbocycles. The van der Waals surface area contributed by atoms with Gasteiger partial charge in [0.1, 0.15) is 11.9 Å². The lowest BCUT2D eigenvalue weighted by molar-refractivity contribution is -0.119. The first-order valence-electron chi connectivity index (χ1n) is 10.4. The minimum atomic E-state index is -0.768. The van der Waals surface area contributed by atoms with Crippen LogP contribution in [0.4, 0.5) is 15.8 Å². The quantitative estimate of drug-likeness (QED) is 0.670. The molecule has 1 aliphatic heterocycles. The van der Waals surface area contributed by atoms with Crippen LogP contribution in [0.3, 0.4) is 0 Å². The maximum absolute atomic E-state index is 14.7. The first-order valence-corrected chi connectivity index (χ1v) is 10.8. The fraction of sp³-hybridized carbons (Fsp3) is 0.391. The summed E-state index contributed by atoms with van der Waals surface area (Å²) in [5.74, 6) is -1.29. The number of carbonyl (C=O) groups excluding carboxylic acids is 2. The summed E-state index contributed by atoms with van der Waals surface area (Å²) in [6.07, 6.45) is 0.684. The first kappa shape index (κ1) is 23.0. The molecule has 3 rings (SSSR count). The predicted molar refractivity (Wildman–Crippen MR) is 120 cm³/mol. The number of ether oxygens (including phenoxy) is 1. The number of morpholine rings is 1. The van der Waals surface area contributed by atoms with Crippen LogP contribution in [-0.4, -0.2) is 44.2 Å². The Morgan fingerprint density at radius 2 is 1.84 bits per heavy atom. The highest BCUT2D eigenvalue weighted by Crippen LogP contribution is 2.24. The number of benzene rings is 2. The van der Waals surface area contributed by atoms with Crippen molar-refractivity contribution in [3.05, 3.63) is 58.9 Å². The van der Waals surface area contributed by atoms with Crippen molar-refractivity contribution in [3.8, 4) is 0 Å². The van der Waals surface area contributed by atoms with Crippen LogP contribution in [0.2, 0.25) is 5.02 Å². The molecule has 0 aliphatic carbocycles. The van der Waals surface area contributed by atoms with Gasteiger partial charge >= 0.3 is 0 Å². The second-order valence-corrected chi connectivity index (χ2v) is 8.03. The van der Waals surface area contributed by atoms with E-state index in [0.29, 0.717) is 54.7 Å². The topological polar surface area (TPSA) is 70.7 Å². The van der Waals surface area contributed by atoms with Crippen LogP contribution in [0.1, 0.15) is 30.6 Å². The minimum absolute atomic E-state index is 0.117. The summed E-state index contributed by atoms with van der Waals surface area (Å²) in [6, 6.07) is 10.3. The Balaban J connectivity index is 1.70. The third-order valence-electron chi connectivity index (χ3n) is 5.46. The van der Waals surface area contributed by atoms with E-state index in [4.69, 9.17) is 16.3 Å². The average molecular weight is 448 g/mol. The van der Waals surface area contributed by atoms with E-state index in [1.807, 2.05) is 18.7 Å². The molecule has 0 saturated carbocycles. The maximum atomic E-state index is 14.7. The molecule has 0 radical (unpaired) electrons. The number of hydrogen-bond acceptors (Lipinski definition) is 4. The summed E-state index contributed by atoms with van der Waals surface area (Å²) in [5.41, 5.74) is 1.23. The number of rotatable bonds is 7. The Bertz CT molecular complexity index is 917. The first-order chi connectivity index (χ1) is 14.9. The molecule has 8 heteroatoms. The van der Waals surface area contributed by atoms with Gasteiger partial charge in [0.05, 0.1) is 18.9 Å². The van der Waals surface area contributed by atoms with E-state index >= 15 is 0 Å². The van der Waals surface area contributed by atoms with E-state index in [1.165, 1.54) is 6.07 Å². The van der Waals surface area contributed by atoms with Crippen molar-refractivity contribution in [2.75, 3.05) is 36.5 Å². The van der Waals surface area contributed by atoms with Gasteiger partial charge in [0.25, 0.3) is 5.91 Å². The van der Waals surface area contributed by atoms with E-state index < -0.39 is 17.8 Å². The van der Waals surface area contributed by atoms with Crippen molar-refractivity contribution in [1.82, 2.24) is 5.32 Å². The van der Waals surface area contributed by atoms with E-state index in [1.54, 1.807) is 36.4 Å². The molecule has 2 amide bonds.